The van der Waals surface area contributed by atoms with E-state index in [0.717, 1.165) is 0 Å². The summed E-state index contributed by atoms with van der Waals surface area (Å²) in [5.41, 5.74) is 0. The van der Waals surface area contributed by atoms with Crippen LogP contribution >= 0.6 is 0 Å². The fraction of sp³-hybridized carbons (Fsp3) is 0.800. The Morgan fingerprint density at radius 2 is 1.69 bits per heavy atom. The van der Waals surface area contributed by atoms with Gasteiger partial charge in [-0.25, -0.2) is 0 Å². The van der Waals surface area contributed by atoms with E-state index in [2.05, 4.69) is 0 Å². The molecule has 2 rings (SSSR count). The molecular weight excluding hydrogens is 216 g/mol. The highest BCUT2D eigenvalue weighted by molar-refractivity contribution is 5.67. The second-order valence-electron chi connectivity index (χ2n) is 4.09. The van der Waals surface area contributed by atoms with Crippen molar-refractivity contribution in [2.45, 2.75) is 50.8 Å². The van der Waals surface area contributed by atoms with Crippen LogP contribution in [0.4, 0.5) is 0 Å². The van der Waals surface area contributed by atoms with E-state index in [1.54, 1.807) is 0 Å². The van der Waals surface area contributed by atoms with Gasteiger partial charge < -0.3 is 19.3 Å². The lowest BCUT2D eigenvalue weighted by Gasteiger charge is -2.29. The Morgan fingerprint density at radius 3 is 2.25 bits per heavy atom. The predicted octanol–water partition coefficient (Wildman–Crippen LogP) is -0.618. The lowest BCUT2D eigenvalue weighted by atomic mass is 9.92. The number of fused-ring (bicyclic) bond motifs is 1. The number of aliphatic hydroxyl groups excluding tert-OH is 1. The minimum absolute atomic E-state index is 0.259. The molecule has 5 atom stereocenters. The molecule has 0 bridgehead atoms. The molecule has 2 aliphatic rings. The topological polar surface area (TPSA) is 85.4 Å². The zero-order valence-electron chi connectivity index (χ0n) is 9.08. The van der Waals surface area contributed by atoms with Gasteiger partial charge in [0, 0.05) is 20.3 Å². The van der Waals surface area contributed by atoms with E-state index >= 15 is 0 Å². The maximum atomic E-state index is 10.8. The molecule has 0 aromatic rings. The molecule has 0 radical (unpaired) electrons. The second-order valence-corrected chi connectivity index (χ2v) is 4.09. The highest BCUT2D eigenvalue weighted by atomic mass is 16.6. The zero-order valence-corrected chi connectivity index (χ0v) is 9.08. The summed E-state index contributed by atoms with van der Waals surface area (Å²) in [5.74, 6) is -0.873. The number of epoxide rings is 1. The fourth-order valence-corrected chi connectivity index (χ4v) is 2.08. The van der Waals surface area contributed by atoms with Gasteiger partial charge in [-0.15, -0.1) is 0 Å². The predicted molar refractivity (Wildman–Crippen MR) is 50.4 cm³/mol. The molecule has 0 aromatic heterocycles. The first-order valence-electron chi connectivity index (χ1n) is 5.17. The standard InChI is InChI=1S/C10H14O6/c1-4(11)14-6-3-7(15-5(2)12)9-10(16-9)8(6)13/h6-10,13H,3H2,1-2H3/t6-,7+,8+,9-,10+/m0/s1. The number of carbonyl (C=O) groups excluding carboxylic acids is 2. The molecule has 1 heterocycles. The molecule has 1 aliphatic carbocycles. The maximum absolute atomic E-state index is 10.8. The average Bonchev–Trinajstić information content (AvgIpc) is 2.91. The van der Waals surface area contributed by atoms with Crippen LogP contribution in [0.5, 0.6) is 0 Å². The number of hydrogen-bond acceptors (Lipinski definition) is 6. The molecule has 16 heavy (non-hydrogen) atoms. The Balaban J connectivity index is 1.99. The van der Waals surface area contributed by atoms with E-state index < -0.39 is 30.3 Å². The minimum Gasteiger partial charge on any atom is -0.460 e. The summed E-state index contributed by atoms with van der Waals surface area (Å²) in [5, 5.41) is 9.74. The van der Waals surface area contributed by atoms with Gasteiger partial charge in [0.05, 0.1) is 0 Å². The summed E-state index contributed by atoms with van der Waals surface area (Å²) in [6.45, 7) is 2.58. The monoisotopic (exact) mass is 230 g/mol. The van der Waals surface area contributed by atoms with Crippen LogP contribution in [0.1, 0.15) is 20.3 Å². The molecule has 1 saturated heterocycles. The molecule has 90 valence electrons. The zero-order chi connectivity index (χ0) is 11.9. The van der Waals surface area contributed by atoms with Crippen molar-refractivity contribution in [2.24, 2.45) is 0 Å². The van der Waals surface area contributed by atoms with Crippen LogP contribution in [0, 0.1) is 0 Å². The molecule has 0 amide bonds. The lowest BCUT2D eigenvalue weighted by molar-refractivity contribution is -0.161. The van der Waals surface area contributed by atoms with Crippen LogP contribution in [0.25, 0.3) is 0 Å². The summed E-state index contributed by atoms with van der Waals surface area (Å²) in [4.78, 5) is 21.7. The number of hydrogen-bond donors (Lipinski definition) is 1. The van der Waals surface area contributed by atoms with Crippen LogP contribution in [-0.4, -0.2) is 47.6 Å². The summed E-state index contributed by atoms with van der Waals surface area (Å²) < 4.78 is 15.2. The molecule has 2 fully saturated rings. The van der Waals surface area contributed by atoms with Crippen molar-refractivity contribution in [1.29, 1.82) is 0 Å². The van der Waals surface area contributed by atoms with Crippen molar-refractivity contribution < 1.29 is 28.9 Å². The van der Waals surface area contributed by atoms with E-state index in [4.69, 9.17) is 14.2 Å². The third-order valence-corrected chi connectivity index (χ3v) is 2.74. The largest absolute Gasteiger partial charge is 0.460 e. The van der Waals surface area contributed by atoms with Crippen molar-refractivity contribution in [3.63, 3.8) is 0 Å². The van der Waals surface area contributed by atoms with Gasteiger partial charge in [-0.1, -0.05) is 0 Å². The number of esters is 2. The third kappa shape index (κ3) is 2.17. The van der Waals surface area contributed by atoms with Gasteiger partial charge in [0.2, 0.25) is 0 Å². The van der Waals surface area contributed by atoms with E-state index in [1.807, 2.05) is 0 Å². The molecule has 0 spiro atoms. The van der Waals surface area contributed by atoms with Crippen LogP contribution in [0.15, 0.2) is 0 Å². The van der Waals surface area contributed by atoms with Crippen molar-refractivity contribution in [3.05, 3.63) is 0 Å². The Labute approximate surface area is 92.5 Å². The van der Waals surface area contributed by atoms with Crippen LogP contribution in [-0.2, 0) is 23.8 Å². The second kappa shape index (κ2) is 4.03. The average molecular weight is 230 g/mol. The Kier molecular flexibility index (Phi) is 2.86. The smallest absolute Gasteiger partial charge is 0.302 e. The first kappa shape index (κ1) is 11.3. The Bertz CT molecular complexity index is 314. The van der Waals surface area contributed by atoms with Crippen LogP contribution in [0.2, 0.25) is 0 Å². The summed E-state index contributed by atoms with van der Waals surface area (Å²) >= 11 is 0. The van der Waals surface area contributed by atoms with E-state index in [0.29, 0.717) is 0 Å². The molecule has 1 N–H and O–H groups in total. The molecule has 6 heteroatoms. The summed E-state index contributed by atoms with van der Waals surface area (Å²) in [6.07, 6.45) is -2.30. The van der Waals surface area contributed by atoms with Gasteiger partial charge in [-0.05, 0) is 0 Å². The van der Waals surface area contributed by atoms with E-state index in [-0.39, 0.29) is 18.6 Å². The number of aliphatic hydroxyl groups is 1. The quantitative estimate of drug-likeness (QED) is 0.502. The Hall–Kier alpha value is -1.14. The molecule has 6 nitrogen and oxygen atoms in total. The highest BCUT2D eigenvalue weighted by Gasteiger charge is 2.58. The van der Waals surface area contributed by atoms with Crippen molar-refractivity contribution in [3.8, 4) is 0 Å². The normalized spacial score (nSPS) is 40.8. The molecule has 0 aromatic carbocycles. The van der Waals surface area contributed by atoms with Crippen molar-refractivity contribution >= 4 is 11.9 Å². The molecule has 0 unspecified atom stereocenters. The van der Waals surface area contributed by atoms with Gasteiger partial charge in [-0.2, -0.15) is 0 Å². The number of ether oxygens (including phenoxy) is 3. The molecular formula is C10H14O6. The van der Waals surface area contributed by atoms with Gasteiger partial charge in [0.25, 0.3) is 0 Å². The van der Waals surface area contributed by atoms with Gasteiger partial charge in [-0.3, -0.25) is 9.59 Å². The van der Waals surface area contributed by atoms with E-state index in [1.165, 1.54) is 13.8 Å². The van der Waals surface area contributed by atoms with Crippen LogP contribution in [0.3, 0.4) is 0 Å². The number of rotatable bonds is 2. The molecule has 1 aliphatic heterocycles. The van der Waals surface area contributed by atoms with Crippen molar-refractivity contribution in [1.82, 2.24) is 0 Å². The van der Waals surface area contributed by atoms with Crippen molar-refractivity contribution in [2.75, 3.05) is 0 Å². The summed E-state index contributed by atoms with van der Waals surface area (Å²) in [7, 11) is 0. The van der Waals surface area contributed by atoms with Crippen LogP contribution < -0.4 is 0 Å². The Morgan fingerprint density at radius 1 is 1.12 bits per heavy atom. The first-order valence-corrected chi connectivity index (χ1v) is 5.17. The first-order chi connectivity index (χ1) is 7.49. The van der Waals surface area contributed by atoms with Gasteiger partial charge in [0.1, 0.15) is 30.5 Å². The summed E-state index contributed by atoms with van der Waals surface area (Å²) in [6, 6.07) is 0. The highest BCUT2D eigenvalue weighted by Crippen LogP contribution is 2.39. The lowest BCUT2D eigenvalue weighted by Crippen LogP contribution is -2.46. The maximum Gasteiger partial charge on any atom is 0.302 e. The SMILES string of the molecule is CC(=O)O[C@H]1C[C@@H](OC(C)=O)[C@@H]2O[C@@H]2[C@@H]1O. The third-order valence-electron chi connectivity index (χ3n) is 2.74. The fourth-order valence-electron chi connectivity index (χ4n) is 2.08. The van der Waals surface area contributed by atoms with E-state index in [9.17, 15) is 14.7 Å². The van der Waals surface area contributed by atoms with Gasteiger partial charge in [0.15, 0.2) is 0 Å². The van der Waals surface area contributed by atoms with Gasteiger partial charge >= 0.3 is 11.9 Å². The minimum atomic E-state index is -0.833. The number of carbonyl (C=O) groups is 2. The molecule has 1 saturated carbocycles.